The van der Waals surface area contributed by atoms with Crippen LogP contribution in [-0.2, 0) is 17.9 Å². The zero-order valence-corrected chi connectivity index (χ0v) is 19.2. The second-order valence-electron chi connectivity index (χ2n) is 8.33. The topological polar surface area (TPSA) is 81.4 Å². The van der Waals surface area contributed by atoms with Gasteiger partial charge >= 0.3 is 5.69 Å². The summed E-state index contributed by atoms with van der Waals surface area (Å²) in [6.45, 7) is 4.96. The van der Waals surface area contributed by atoms with E-state index in [-0.39, 0.29) is 17.5 Å². The van der Waals surface area contributed by atoms with Crippen LogP contribution < -0.4 is 15.7 Å². The van der Waals surface area contributed by atoms with E-state index in [1.54, 1.807) is 16.4 Å². The smallest absolute Gasteiger partial charge is 0.346 e. The highest BCUT2D eigenvalue weighted by Crippen LogP contribution is 2.27. The number of hydrogen-bond donors (Lipinski definition) is 1. The number of ether oxygens (including phenoxy) is 1. The number of nitrogens with zero attached hydrogens (tertiary/aromatic N) is 4. The summed E-state index contributed by atoms with van der Waals surface area (Å²) in [6.07, 6.45) is 1.73. The molecule has 1 fully saturated rings. The third-order valence-corrected chi connectivity index (χ3v) is 6.14. The van der Waals surface area contributed by atoms with Gasteiger partial charge in [0.25, 0.3) is 0 Å². The van der Waals surface area contributed by atoms with E-state index in [1.165, 1.54) is 0 Å². The number of piperidine rings is 1. The minimum absolute atomic E-state index is 0.0597. The molecule has 1 amide bonds. The summed E-state index contributed by atoms with van der Waals surface area (Å²) in [5, 5.41) is 7.65. The van der Waals surface area contributed by atoms with Crippen LogP contribution in [0.3, 0.4) is 0 Å². The number of amides is 1. The van der Waals surface area contributed by atoms with Crippen molar-refractivity contribution in [2.45, 2.75) is 38.8 Å². The molecule has 4 rings (SSSR count). The number of hydrogen-bond acceptors (Lipinski definition) is 5. The second kappa shape index (κ2) is 10.5. The van der Waals surface area contributed by atoms with Crippen molar-refractivity contribution in [2.75, 3.05) is 32.1 Å². The highest BCUT2D eigenvalue weighted by molar-refractivity contribution is 5.93. The van der Waals surface area contributed by atoms with E-state index in [0.29, 0.717) is 31.1 Å². The fourth-order valence-electron chi connectivity index (χ4n) is 4.41. The molecule has 0 atom stereocenters. The van der Waals surface area contributed by atoms with Crippen LogP contribution in [0.25, 0.3) is 0 Å². The molecule has 0 saturated carbocycles. The molecule has 33 heavy (non-hydrogen) atoms. The van der Waals surface area contributed by atoms with Crippen LogP contribution in [-0.4, -0.2) is 51.9 Å². The van der Waals surface area contributed by atoms with E-state index in [1.807, 2.05) is 61.5 Å². The predicted octanol–water partition coefficient (Wildman–Crippen LogP) is 2.94. The summed E-state index contributed by atoms with van der Waals surface area (Å²) in [5.74, 6) is 1.66. The molecule has 8 heteroatoms. The standard InChI is InChI=1S/C25H31N5O3/c1-3-29-24(27-30(25(29)32)17-19-9-5-4-6-10-19)20-13-15-28(16-14-20)18-23(31)26-21-11-7-8-12-22(21)33-2/h4-12,20H,3,13-18H2,1-2H3,(H,26,31). The van der Waals surface area contributed by atoms with E-state index >= 15 is 0 Å². The number of benzene rings is 2. The van der Waals surface area contributed by atoms with E-state index in [4.69, 9.17) is 9.84 Å². The number of rotatable bonds is 8. The minimum Gasteiger partial charge on any atom is -0.495 e. The first-order valence-corrected chi connectivity index (χ1v) is 11.5. The minimum atomic E-state index is -0.0602. The van der Waals surface area contributed by atoms with Gasteiger partial charge in [0.1, 0.15) is 11.6 Å². The lowest BCUT2D eigenvalue weighted by atomic mass is 9.96. The van der Waals surface area contributed by atoms with E-state index in [9.17, 15) is 9.59 Å². The van der Waals surface area contributed by atoms with Crippen molar-refractivity contribution >= 4 is 11.6 Å². The fraction of sp³-hybridized carbons (Fsp3) is 0.400. The van der Waals surface area contributed by atoms with Crippen LogP contribution in [0.2, 0.25) is 0 Å². The van der Waals surface area contributed by atoms with Gasteiger partial charge in [-0.2, -0.15) is 5.10 Å². The summed E-state index contributed by atoms with van der Waals surface area (Å²) >= 11 is 0. The van der Waals surface area contributed by atoms with Gasteiger partial charge < -0.3 is 10.1 Å². The molecule has 8 nitrogen and oxygen atoms in total. The molecule has 1 aliphatic heterocycles. The molecular formula is C25H31N5O3. The van der Waals surface area contributed by atoms with Crippen molar-refractivity contribution in [3.63, 3.8) is 0 Å². The van der Waals surface area contributed by atoms with Gasteiger partial charge in [0.15, 0.2) is 0 Å². The third-order valence-electron chi connectivity index (χ3n) is 6.14. The normalized spacial score (nSPS) is 14.8. The summed E-state index contributed by atoms with van der Waals surface area (Å²) in [7, 11) is 1.59. The van der Waals surface area contributed by atoms with Crippen molar-refractivity contribution in [1.29, 1.82) is 0 Å². The number of likely N-dealkylation sites (tertiary alicyclic amines) is 1. The second-order valence-corrected chi connectivity index (χ2v) is 8.33. The van der Waals surface area contributed by atoms with Crippen LogP contribution in [0, 0.1) is 0 Å². The highest BCUT2D eigenvalue weighted by atomic mass is 16.5. The number of anilines is 1. The van der Waals surface area contributed by atoms with Crippen molar-refractivity contribution in [2.24, 2.45) is 0 Å². The molecule has 0 aliphatic carbocycles. The largest absolute Gasteiger partial charge is 0.495 e. The molecule has 0 radical (unpaired) electrons. The SMILES string of the molecule is CCn1c(C2CCN(CC(=O)Nc3ccccc3OC)CC2)nn(Cc2ccccc2)c1=O. The third kappa shape index (κ3) is 5.34. The van der Waals surface area contributed by atoms with Gasteiger partial charge in [-0.25, -0.2) is 9.48 Å². The number of carbonyl (C=O) groups excluding carboxylic acids is 1. The van der Waals surface area contributed by atoms with Gasteiger partial charge in [-0.1, -0.05) is 42.5 Å². The highest BCUT2D eigenvalue weighted by Gasteiger charge is 2.27. The predicted molar refractivity (Wildman–Crippen MR) is 128 cm³/mol. The van der Waals surface area contributed by atoms with Gasteiger partial charge in [0.2, 0.25) is 5.91 Å². The maximum Gasteiger partial charge on any atom is 0.346 e. The number of nitrogens with one attached hydrogen (secondary N) is 1. The van der Waals surface area contributed by atoms with Gasteiger partial charge in [0.05, 0.1) is 25.9 Å². The van der Waals surface area contributed by atoms with Gasteiger partial charge in [-0.05, 0) is 50.6 Å². The summed E-state index contributed by atoms with van der Waals surface area (Å²) < 4.78 is 8.67. The van der Waals surface area contributed by atoms with Crippen molar-refractivity contribution in [3.05, 3.63) is 76.5 Å². The Kier molecular flexibility index (Phi) is 7.24. The molecule has 3 aromatic rings. The maximum absolute atomic E-state index is 12.9. The molecule has 1 aliphatic rings. The molecule has 1 N–H and O–H groups in total. The Balaban J connectivity index is 1.37. The Morgan fingerprint density at radius 3 is 2.48 bits per heavy atom. The van der Waals surface area contributed by atoms with E-state index < -0.39 is 0 Å². The zero-order chi connectivity index (χ0) is 23.2. The fourth-order valence-corrected chi connectivity index (χ4v) is 4.41. The van der Waals surface area contributed by atoms with Gasteiger partial charge in [-0.3, -0.25) is 14.3 Å². The maximum atomic E-state index is 12.9. The quantitative estimate of drug-likeness (QED) is 0.572. The number of methoxy groups -OCH3 is 1. The number of aromatic nitrogens is 3. The molecule has 2 aromatic carbocycles. The summed E-state index contributed by atoms with van der Waals surface area (Å²) in [4.78, 5) is 27.6. The molecule has 174 valence electrons. The van der Waals surface area contributed by atoms with Crippen LogP contribution in [0.1, 0.15) is 37.1 Å². The average molecular weight is 450 g/mol. The van der Waals surface area contributed by atoms with E-state index in [0.717, 1.165) is 37.3 Å². The lowest BCUT2D eigenvalue weighted by molar-refractivity contribution is -0.117. The van der Waals surface area contributed by atoms with Crippen molar-refractivity contribution < 1.29 is 9.53 Å². The monoisotopic (exact) mass is 449 g/mol. The first-order valence-electron chi connectivity index (χ1n) is 11.5. The first kappa shape index (κ1) is 22.8. The van der Waals surface area contributed by atoms with Crippen molar-refractivity contribution in [1.82, 2.24) is 19.2 Å². The Labute approximate surface area is 193 Å². The average Bonchev–Trinajstić information content (AvgIpc) is 3.15. The molecule has 0 unspecified atom stereocenters. The summed E-state index contributed by atoms with van der Waals surface area (Å²) in [5.41, 5.74) is 1.67. The summed E-state index contributed by atoms with van der Waals surface area (Å²) in [6, 6.07) is 17.3. The zero-order valence-electron chi connectivity index (χ0n) is 19.2. The van der Waals surface area contributed by atoms with Gasteiger partial charge in [0, 0.05) is 12.5 Å². The van der Waals surface area contributed by atoms with Crippen LogP contribution in [0.5, 0.6) is 5.75 Å². The van der Waals surface area contributed by atoms with Gasteiger partial charge in [-0.15, -0.1) is 0 Å². The lowest BCUT2D eigenvalue weighted by Crippen LogP contribution is -2.39. The molecular weight excluding hydrogens is 418 g/mol. The molecule has 1 aromatic heterocycles. The van der Waals surface area contributed by atoms with Crippen molar-refractivity contribution in [3.8, 4) is 5.75 Å². The van der Waals surface area contributed by atoms with Crippen LogP contribution in [0.4, 0.5) is 5.69 Å². The Bertz CT molecular complexity index is 1130. The number of para-hydroxylation sites is 2. The lowest BCUT2D eigenvalue weighted by Gasteiger charge is -2.31. The van der Waals surface area contributed by atoms with Crippen LogP contribution >= 0.6 is 0 Å². The van der Waals surface area contributed by atoms with E-state index in [2.05, 4.69) is 10.2 Å². The molecule has 0 bridgehead atoms. The molecule has 0 spiro atoms. The van der Waals surface area contributed by atoms with Crippen LogP contribution in [0.15, 0.2) is 59.4 Å². The first-order chi connectivity index (χ1) is 16.1. The Morgan fingerprint density at radius 1 is 1.09 bits per heavy atom. The Morgan fingerprint density at radius 2 is 1.79 bits per heavy atom. The number of carbonyl (C=O) groups is 1. The molecule has 2 heterocycles. The Hall–Kier alpha value is -3.39. The molecule has 1 saturated heterocycles.